The highest BCUT2D eigenvalue weighted by atomic mass is 32.2. The monoisotopic (exact) mass is 473 g/mol. The van der Waals surface area contributed by atoms with Gasteiger partial charge in [-0.2, -0.15) is 0 Å². The van der Waals surface area contributed by atoms with Gasteiger partial charge in [-0.25, -0.2) is 8.42 Å². The Bertz CT molecular complexity index is 1180. The molecule has 1 aromatic heterocycles. The van der Waals surface area contributed by atoms with Gasteiger partial charge in [0, 0.05) is 12.6 Å². The molecule has 0 N–H and O–H groups in total. The number of nitrogens with zero attached hydrogens (tertiary/aromatic N) is 3. The van der Waals surface area contributed by atoms with Crippen molar-refractivity contribution in [3.8, 4) is 17.2 Å². The van der Waals surface area contributed by atoms with Crippen LogP contribution in [0.4, 0.5) is 0 Å². The number of methoxy groups -OCH3 is 1. The quantitative estimate of drug-likeness (QED) is 0.460. The molecular weight excluding hydrogens is 450 g/mol. The van der Waals surface area contributed by atoms with Crippen molar-refractivity contribution in [3.05, 3.63) is 60.2 Å². The highest BCUT2D eigenvalue weighted by Crippen LogP contribution is 2.30. The lowest BCUT2D eigenvalue weighted by Crippen LogP contribution is -2.41. The number of carbonyl (C=O) groups excluding carboxylic acids is 1. The highest BCUT2D eigenvalue weighted by Gasteiger charge is 2.34. The van der Waals surface area contributed by atoms with Crippen molar-refractivity contribution in [2.75, 3.05) is 24.4 Å². The van der Waals surface area contributed by atoms with E-state index < -0.39 is 9.84 Å². The third kappa shape index (κ3) is 5.31. The zero-order valence-electron chi connectivity index (χ0n) is 17.5. The summed E-state index contributed by atoms with van der Waals surface area (Å²) >= 11 is 1.13. The first-order valence-electron chi connectivity index (χ1n) is 10.1. The predicted molar refractivity (Wildman–Crippen MR) is 121 cm³/mol. The fourth-order valence-electron chi connectivity index (χ4n) is 3.63. The van der Waals surface area contributed by atoms with Crippen LogP contribution in [0, 0.1) is 0 Å². The van der Waals surface area contributed by atoms with Crippen molar-refractivity contribution >= 4 is 27.5 Å². The molecule has 3 aromatic rings. The van der Waals surface area contributed by atoms with Gasteiger partial charge < -0.3 is 14.1 Å². The summed E-state index contributed by atoms with van der Waals surface area (Å²) in [5, 5.41) is 8.35. The van der Waals surface area contributed by atoms with Crippen LogP contribution in [0.15, 0.2) is 64.2 Å². The summed E-state index contributed by atoms with van der Waals surface area (Å²) in [5.41, 5.74) is 1.62. The lowest BCUT2D eigenvalue weighted by molar-refractivity contribution is -0.130. The molecule has 1 saturated heterocycles. The highest BCUT2D eigenvalue weighted by molar-refractivity contribution is 7.99. The number of carbonyl (C=O) groups is 1. The van der Waals surface area contributed by atoms with Crippen LogP contribution in [0.2, 0.25) is 0 Å². The molecular formula is C22H23N3O5S2. The topological polar surface area (TPSA) is 103 Å². The fourth-order valence-corrected chi connectivity index (χ4v) is 6.01. The van der Waals surface area contributed by atoms with Gasteiger partial charge >= 0.3 is 0 Å². The van der Waals surface area contributed by atoms with E-state index in [1.54, 1.807) is 18.1 Å². The second-order valence-corrected chi connectivity index (χ2v) is 10.6. The lowest BCUT2D eigenvalue weighted by atomic mass is 10.1. The molecule has 1 aliphatic rings. The number of amides is 1. The molecule has 2 heterocycles. The fraction of sp³-hybridized carbons (Fsp3) is 0.318. The first-order valence-corrected chi connectivity index (χ1v) is 12.9. The summed E-state index contributed by atoms with van der Waals surface area (Å²) in [5.74, 6) is 0.916. The van der Waals surface area contributed by atoms with Crippen LogP contribution in [0.1, 0.15) is 12.0 Å². The van der Waals surface area contributed by atoms with E-state index in [1.807, 2.05) is 48.5 Å². The number of aromatic nitrogens is 2. The van der Waals surface area contributed by atoms with Crippen LogP contribution >= 0.6 is 11.8 Å². The molecule has 168 valence electrons. The Kier molecular flexibility index (Phi) is 6.80. The molecule has 1 atom stereocenters. The molecule has 0 aliphatic carbocycles. The van der Waals surface area contributed by atoms with Crippen molar-refractivity contribution in [2.24, 2.45) is 0 Å². The summed E-state index contributed by atoms with van der Waals surface area (Å²) in [6, 6.07) is 16.5. The van der Waals surface area contributed by atoms with E-state index in [9.17, 15) is 13.2 Å². The van der Waals surface area contributed by atoms with Crippen LogP contribution in [-0.2, 0) is 21.2 Å². The number of rotatable bonds is 8. The molecule has 0 spiro atoms. The second-order valence-electron chi connectivity index (χ2n) is 7.43. The lowest BCUT2D eigenvalue weighted by Gasteiger charge is -2.28. The van der Waals surface area contributed by atoms with Crippen LogP contribution in [-0.4, -0.2) is 59.8 Å². The van der Waals surface area contributed by atoms with Crippen molar-refractivity contribution in [1.29, 1.82) is 0 Å². The summed E-state index contributed by atoms with van der Waals surface area (Å²) in [6.07, 6.45) is 0.448. The first-order chi connectivity index (χ1) is 15.4. The second kappa shape index (κ2) is 9.74. The Morgan fingerprint density at radius 1 is 1.16 bits per heavy atom. The molecule has 1 fully saturated rings. The molecule has 10 heteroatoms. The van der Waals surface area contributed by atoms with Gasteiger partial charge in [0.2, 0.25) is 5.91 Å². The molecule has 0 radical (unpaired) electrons. The van der Waals surface area contributed by atoms with E-state index in [1.165, 1.54) is 0 Å². The maximum absolute atomic E-state index is 13.1. The number of para-hydroxylation sites is 1. The summed E-state index contributed by atoms with van der Waals surface area (Å²) in [7, 11) is -1.56. The Balaban J connectivity index is 1.46. The van der Waals surface area contributed by atoms with Crippen LogP contribution < -0.4 is 4.74 Å². The van der Waals surface area contributed by atoms with Gasteiger partial charge in [-0.15, -0.1) is 10.2 Å². The first kappa shape index (κ1) is 22.3. The molecule has 1 aliphatic heterocycles. The van der Waals surface area contributed by atoms with Gasteiger partial charge in [0.05, 0.1) is 29.9 Å². The summed E-state index contributed by atoms with van der Waals surface area (Å²) in [6.45, 7) is 0.358. The van der Waals surface area contributed by atoms with Crippen molar-refractivity contribution in [1.82, 2.24) is 15.1 Å². The predicted octanol–water partition coefficient (Wildman–Crippen LogP) is 3.05. The average Bonchev–Trinajstić information content (AvgIpc) is 3.42. The molecule has 32 heavy (non-hydrogen) atoms. The minimum Gasteiger partial charge on any atom is -0.496 e. The summed E-state index contributed by atoms with van der Waals surface area (Å²) in [4.78, 5) is 14.8. The van der Waals surface area contributed by atoms with Gasteiger partial charge in [0.15, 0.2) is 9.84 Å². The standard InChI is InChI=1S/C22H23N3O5S2/c1-29-19-10-6-5-9-18(19)21-23-24-22(30-21)31-14-20(26)25(13-16-7-3-2-4-8-16)17-11-12-32(27,28)15-17/h2-10,17H,11-15H2,1H3/t17-/m1/s1. The van der Waals surface area contributed by atoms with E-state index >= 15 is 0 Å². The molecule has 0 bridgehead atoms. The number of ether oxygens (including phenoxy) is 1. The largest absolute Gasteiger partial charge is 0.496 e. The SMILES string of the molecule is COc1ccccc1-c1nnc(SCC(=O)N(Cc2ccccc2)[C@@H]2CCS(=O)(=O)C2)o1. The van der Waals surface area contributed by atoms with Gasteiger partial charge in [-0.1, -0.05) is 54.2 Å². The van der Waals surface area contributed by atoms with Crippen LogP contribution in [0.5, 0.6) is 5.75 Å². The number of benzene rings is 2. The van der Waals surface area contributed by atoms with Gasteiger partial charge in [0.1, 0.15) is 5.75 Å². The Morgan fingerprint density at radius 2 is 1.91 bits per heavy atom. The Hall–Kier alpha value is -2.85. The van der Waals surface area contributed by atoms with Crippen LogP contribution in [0.3, 0.4) is 0 Å². The van der Waals surface area contributed by atoms with Gasteiger partial charge in [-0.3, -0.25) is 4.79 Å². The van der Waals surface area contributed by atoms with E-state index in [4.69, 9.17) is 9.15 Å². The number of thioether (sulfide) groups is 1. The van der Waals surface area contributed by atoms with E-state index in [0.717, 1.165) is 17.3 Å². The third-order valence-electron chi connectivity index (χ3n) is 5.23. The zero-order chi connectivity index (χ0) is 22.6. The van der Waals surface area contributed by atoms with E-state index in [0.29, 0.717) is 30.2 Å². The minimum atomic E-state index is -3.12. The van der Waals surface area contributed by atoms with Crippen molar-refractivity contribution in [2.45, 2.75) is 24.2 Å². The molecule has 0 saturated carbocycles. The molecule has 1 amide bonds. The van der Waals surface area contributed by atoms with Gasteiger partial charge in [0.25, 0.3) is 11.1 Å². The maximum atomic E-state index is 13.1. The number of hydrogen-bond donors (Lipinski definition) is 0. The Labute approximate surface area is 190 Å². The number of hydrogen-bond acceptors (Lipinski definition) is 8. The maximum Gasteiger partial charge on any atom is 0.277 e. The average molecular weight is 474 g/mol. The van der Waals surface area contributed by atoms with E-state index in [-0.39, 0.29) is 34.4 Å². The number of sulfone groups is 1. The van der Waals surface area contributed by atoms with Crippen molar-refractivity contribution < 1.29 is 22.4 Å². The molecule has 8 nitrogen and oxygen atoms in total. The van der Waals surface area contributed by atoms with Crippen LogP contribution in [0.25, 0.3) is 11.5 Å². The zero-order valence-corrected chi connectivity index (χ0v) is 19.1. The smallest absolute Gasteiger partial charge is 0.277 e. The molecule has 0 unspecified atom stereocenters. The Morgan fingerprint density at radius 3 is 2.62 bits per heavy atom. The van der Waals surface area contributed by atoms with E-state index in [2.05, 4.69) is 10.2 Å². The van der Waals surface area contributed by atoms with Crippen molar-refractivity contribution in [3.63, 3.8) is 0 Å². The third-order valence-corrected chi connectivity index (χ3v) is 7.78. The van der Waals surface area contributed by atoms with Gasteiger partial charge in [-0.05, 0) is 24.1 Å². The summed E-state index contributed by atoms with van der Waals surface area (Å²) < 4.78 is 35.0. The molecule has 4 rings (SSSR count). The normalized spacial score (nSPS) is 17.2. The molecule has 2 aromatic carbocycles. The minimum absolute atomic E-state index is 0.00521.